The van der Waals surface area contributed by atoms with Gasteiger partial charge in [-0.05, 0) is 0 Å². The predicted octanol–water partition coefficient (Wildman–Crippen LogP) is -1.59. The summed E-state index contributed by atoms with van der Waals surface area (Å²) in [6.45, 7) is 0. The van der Waals surface area contributed by atoms with E-state index < -0.39 is 0 Å². The first-order valence-corrected chi connectivity index (χ1v) is 6.05. The van der Waals surface area contributed by atoms with Crippen molar-refractivity contribution in [3.8, 4) is 0 Å². The van der Waals surface area contributed by atoms with Crippen LogP contribution in [0.25, 0.3) is 0 Å². The first-order chi connectivity index (χ1) is 9.20. The van der Waals surface area contributed by atoms with Gasteiger partial charge in [0.05, 0.1) is 5.69 Å². The SMILES string of the molecule is Cn1c(=O)n2n(c1=O)C1c3ncncc3C2C2OC21. The Kier molecular flexibility index (Phi) is 1.37. The highest BCUT2D eigenvalue weighted by atomic mass is 16.6. The van der Waals surface area contributed by atoms with Crippen LogP contribution in [0.15, 0.2) is 22.1 Å². The molecular formula is C11H9N5O3. The highest BCUT2D eigenvalue weighted by Gasteiger charge is 2.63. The van der Waals surface area contributed by atoms with Gasteiger partial charge in [0.15, 0.2) is 0 Å². The van der Waals surface area contributed by atoms with Gasteiger partial charge in [0.2, 0.25) is 0 Å². The molecule has 1 saturated heterocycles. The average Bonchev–Trinajstić information content (AvgIpc) is 3.21. The van der Waals surface area contributed by atoms with Crippen molar-refractivity contribution in [3.63, 3.8) is 0 Å². The number of aromatic nitrogens is 5. The molecule has 4 unspecified atom stereocenters. The van der Waals surface area contributed by atoms with E-state index in [4.69, 9.17) is 4.74 Å². The van der Waals surface area contributed by atoms with E-state index >= 15 is 0 Å². The minimum atomic E-state index is -0.321. The number of ether oxygens (including phenoxy) is 1. The van der Waals surface area contributed by atoms with E-state index in [0.717, 1.165) is 15.8 Å². The molecule has 0 saturated carbocycles. The van der Waals surface area contributed by atoms with E-state index in [0.29, 0.717) is 0 Å². The quantitative estimate of drug-likeness (QED) is 0.532. The van der Waals surface area contributed by atoms with Crippen LogP contribution in [0, 0.1) is 0 Å². The second-order valence-electron chi connectivity index (χ2n) is 5.13. The van der Waals surface area contributed by atoms with Crippen LogP contribution in [0.1, 0.15) is 23.3 Å². The summed E-state index contributed by atoms with van der Waals surface area (Å²) in [6.07, 6.45) is 3.09. The monoisotopic (exact) mass is 259 g/mol. The van der Waals surface area contributed by atoms with Gasteiger partial charge in [0.25, 0.3) is 0 Å². The minimum Gasteiger partial charge on any atom is -0.364 e. The summed E-state index contributed by atoms with van der Waals surface area (Å²) in [5.41, 5.74) is 1.05. The van der Waals surface area contributed by atoms with E-state index in [2.05, 4.69) is 9.97 Å². The number of nitrogens with zero attached hydrogens (tertiary/aromatic N) is 5. The van der Waals surface area contributed by atoms with Crippen LogP contribution >= 0.6 is 0 Å². The number of epoxide rings is 1. The zero-order chi connectivity index (χ0) is 12.9. The lowest BCUT2D eigenvalue weighted by atomic mass is 9.87. The van der Waals surface area contributed by atoms with Gasteiger partial charge < -0.3 is 4.74 Å². The molecule has 2 aromatic rings. The summed E-state index contributed by atoms with van der Waals surface area (Å²) in [4.78, 5) is 32.7. The largest absolute Gasteiger partial charge is 0.364 e. The Morgan fingerprint density at radius 1 is 1.16 bits per heavy atom. The maximum absolute atomic E-state index is 12.2. The fraction of sp³-hybridized carbons (Fsp3) is 0.455. The molecule has 0 N–H and O–H groups in total. The van der Waals surface area contributed by atoms with Gasteiger partial charge in [0.1, 0.15) is 30.6 Å². The van der Waals surface area contributed by atoms with Gasteiger partial charge in [-0.2, -0.15) is 0 Å². The fourth-order valence-corrected chi connectivity index (χ4v) is 3.41. The molecule has 0 amide bonds. The second kappa shape index (κ2) is 2.69. The van der Waals surface area contributed by atoms with Crippen molar-refractivity contribution >= 4 is 0 Å². The lowest BCUT2D eigenvalue weighted by molar-refractivity contribution is 0.270. The molecule has 96 valence electrons. The zero-order valence-electron chi connectivity index (χ0n) is 9.92. The summed E-state index contributed by atoms with van der Waals surface area (Å²) in [7, 11) is 1.49. The van der Waals surface area contributed by atoms with Crippen LogP contribution in [0.4, 0.5) is 0 Å². The Bertz CT molecular complexity index is 780. The molecule has 6 rings (SSSR count). The molecule has 0 spiro atoms. The van der Waals surface area contributed by atoms with Crippen LogP contribution in [0.5, 0.6) is 0 Å². The molecule has 1 aliphatic carbocycles. The maximum Gasteiger partial charge on any atom is 0.347 e. The standard InChI is InChI=1S/C11H9N5O3/c1-14-10(17)15-6-4-2-12-3-13-5(4)7(9-8(6)19-9)16(15)11(14)18/h2-3,6-9H,1H3. The fourth-order valence-electron chi connectivity index (χ4n) is 3.41. The predicted molar refractivity (Wildman–Crippen MR) is 60.9 cm³/mol. The molecule has 4 aliphatic rings. The van der Waals surface area contributed by atoms with Crippen molar-refractivity contribution in [2.24, 2.45) is 7.05 Å². The van der Waals surface area contributed by atoms with Crippen LogP contribution in [-0.4, -0.2) is 36.1 Å². The smallest absolute Gasteiger partial charge is 0.347 e. The summed E-state index contributed by atoms with van der Waals surface area (Å²) in [5.74, 6) is 0. The Labute approximate surface area is 105 Å². The molecule has 2 aromatic heterocycles. The zero-order valence-corrected chi connectivity index (χ0v) is 9.92. The summed E-state index contributed by atoms with van der Waals surface area (Å²) in [6, 6.07) is -0.595. The first kappa shape index (κ1) is 9.68. The molecule has 2 bridgehead atoms. The Morgan fingerprint density at radius 2 is 1.84 bits per heavy atom. The van der Waals surface area contributed by atoms with E-state index in [1.54, 1.807) is 6.20 Å². The van der Waals surface area contributed by atoms with Gasteiger partial charge in [-0.25, -0.2) is 33.5 Å². The average molecular weight is 259 g/mol. The molecule has 0 radical (unpaired) electrons. The molecule has 19 heavy (non-hydrogen) atoms. The van der Waals surface area contributed by atoms with Crippen molar-refractivity contribution in [3.05, 3.63) is 44.8 Å². The van der Waals surface area contributed by atoms with Crippen LogP contribution in [0.3, 0.4) is 0 Å². The third-order valence-electron chi connectivity index (χ3n) is 4.28. The van der Waals surface area contributed by atoms with Crippen LogP contribution < -0.4 is 11.4 Å². The summed E-state index contributed by atoms with van der Waals surface area (Å²) < 4.78 is 9.75. The maximum atomic E-state index is 12.2. The Hall–Kier alpha value is -2.22. The van der Waals surface area contributed by atoms with Crippen molar-refractivity contribution in [2.75, 3.05) is 0 Å². The van der Waals surface area contributed by atoms with Crippen molar-refractivity contribution in [2.45, 2.75) is 24.3 Å². The number of rotatable bonds is 0. The topological polar surface area (TPSA) is 87.2 Å². The number of hydrogen-bond acceptors (Lipinski definition) is 5. The van der Waals surface area contributed by atoms with Crippen molar-refractivity contribution in [1.29, 1.82) is 0 Å². The van der Waals surface area contributed by atoms with E-state index in [1.807, 2.05) is 0 Å². The van der Waals surface area contributed by atoms with Gasteiger partial charge >= 0.3 is 11.4 Å². The normalized spacial score (nSPS) is 32.7. The lowest BCUT2D eigenvalue weighted by Gasteiger charge is -2.35. The minimum absolute atomic E-state index is 0.0389. The Morgan fingerprint density at radius 3 is 2.63 bits per heavy atom. The van der Waals surface area contributed by atoms with Gasteiger partial charge in [0, 0.05) is 18.8 Å². The molecule has 0 aromatic carbocycles. The third kappa shape index (κ3) is 0.867. The van der Waals surface area contributed by atoms with Crippen molar-refractivity contribution < 1.29 is 4.74 Å². The molecule has 4 atom stereocenters. The summed E-state index contributed by atoms with van der Waals surface area (Å²) >= 11 is 0. The van der Waals surface area contributed by atoms with E-state index in [-0.39, 0.29) is 35.7 Å². The summed E-state index contributed by atoms with van der Waals surface area (Å²) in [5, 5.41) is 0. The molecule has 5 heterocycles. The lowest BCUT2D eigenvalue weighted by Crippen LogP contribution is -2.48. The Balaban J connectivity index is 1.96. The first-order valence-electron chi connectivity index (χ1n) is 6.05. The van der Waals surface area contributed by atoms with Gasteiger partial charge in [-0.1, -0.05) is 0 Å². The molecule has 8 heteroatoms. The molecule has 8 nitrogen and oxygen atoms in total. The third-order valence-corrected chi connectivity index (χ3v) is 4.28. The van der Waals surface area contributed by atoms with Gasteiger partial charge in [-0.3, -0.25) is 0 Å². The van der Waals surface area contributed by atoms with Crippen LogP contribution in [0.2, 0.25) is 0 Å². The highest BCUT2D eigenvalue weighted by Crippen LogP contribution is 2.53. The van der Waals surface area contributed by atoms with Crippen LogP contribution in [-0.2, 0) is 11.8 Å². The number of hydrogen-bond donors (Lipinski definition) is 0. The van der Waals surface area contributed by atoms with E-state index in [9.17, 15) is 9.59 Å². The molecular weight excluding hydrogens is 250 g/mol. The molecule has 1 fully saturated rings. The highest BCUT2D eigenvalue weighted by molar-refractivity contribution is 5.37. The van der Waals surface area contributed by atoms with Crippen molar-refractivity contribution in [1.82, 2.24) is 23.9 Å². The van der Waals surface area contributed by atoms with E-state index in [1.165, 1.54) is 22.7 Å². The molecule has 3 aliphatic heterocycles. The second-order valence-corrected chi connectivity index (χ2v) is 5.13. The van der Waals surface area contributed by atoms with Gasteiger partial charge in [-0.15, -0.1) is 0 Å².